The van der Waals surface area contributed by atoms with Crippen molar-refractivity contribution in [1.29, 1.82) is 0 Å². The van der Waals surface area contributed by atoms with E-state index >= 15 is 0 Å². The van der Waals surface area contributed by atoms with E-state index in [0.29, 0.717) is 39.6 Å². The Balaban J connectivity index is 1.19. The molecule has 1 saturated carbocycles. The number of anilines is 1. The molecule has 10 nitrogen and oxygen atoms in total. The summed E-state index contributed by atoms with van der Waals surface area (Å²) in [4.78, 5) is 58.3. The first kappa shape index (κ1) is 29.7. The molecule has 12 heteroatoms. The van der Waals surface area contributed by atoms with Crippen molar-refractivity contribution in [3.05, 3.63) is 83.9 Å². The van der Waals surface area contributed by atoms with Crippen molar-refractivity contribution in [1.82, 2.24) is 9.88 Å². The molecule has 4 aromatic rings. The Morgan fingerprint density at radius 1 is 0.957 bits per heavy atom. The number of amides is 4. The molecule has 1 N–H and O–H groups in total. The Kier molecular flexibility index (Phi) is 6.43. The standard InChI is InChI=1S/C35H27Cl2N3O7/c1-39-32(44)34(36)16-23-20(28(35(34,37)33(39)45)22-15-19(46-2)11-14-25(22)41)12-13-21-27(23)31(43)40(30(21)42)18-9-7-17(8-10-18)29-38-24-5-3-4-6-26(24)47-29/h3-12,14-15,21,23,27-28,41H,13,16H2,1-2H3. The van der Waals surface area contributed by atoms with Crippen LogP contribution in [0.2, 0.25) is 0 Å². The molecule has 1 aromatic heterocycles. The zero-order valence-electron chi connectivity index (χ0n) is 25.1. The number of likely N-dealkylation sites (tertiary alicyclic amines) is 1. The highest BCUT2D eigenvalue weighted by molar-refractivity contribution is 6.53. The number of allylic oxidation sites excluding steroid dienone is 2. The minimum absolute atomic E-state index is 0.148. The van der Waals surface area contributed by atoms with Gasteiger partial charge in [0.2, 0.25) is 17.7 Å². The highest BCUT2D eigenvalue weighted by Crippen LogP contribution is 2.66. The third-order valence-electron chi connectivity index (χ3n) is 10.2. The number of hydrogen-bond acceptors (Lipinski definition) is 8. The Labute approximate surface area is 278 Å². The number of phenols is 1. The van der Waals surface area contributed by atoms with E-state index in [9.17, 15) is 24.3 Å². The van der Waals surface area contributed by atoms with Gasteiger partial charge < -0.3 is 14.3 Å². The smallest absolute Gasteiger partial charge is 0.253 e. The quantitative estimate of drug-likeness (QED) is 0.173. The van der Waals surface area contributed by atoms with Crippen LogP contribution in [0.15, 0.2) is 82.8 Å². The molecule has 0 bridgehead atoms. The molecule has 3 fully saturated rings. The molecule has 0 radical (unpaired) electrons. The largest absolute Gasteiger partial charge is 0.508 e. The number of alkyl halides is 2. The molecule has 2 aliphatic carbocycles. The summed E-state index contributed by atoms with van der Waals surface area (Å²) in [6.45, 7) is 0. The Morgan fingerprint density at radius 2 is 1.70 bits per heavy atom. The number of aromatic hydroxyl groups is 1. The van der Waals surface area contributed by atoms with E-state index in [4.69, 9.17) is 32.4 Å². The van der Waals surface area contributed by atoms with Gasteiger partial charge in [0.25, 0.3) is 11.8 Å². The van der Waals surface area contributed by atoms with Crippen LogP contribution in [0, 0.1) is 17.8 Å². The number of halogens is 2. The summed E-state index contributed by atoms with van der Waals surface area (Å²) in [5, 5.41) is 11.1. The fourth-order valence-corrected chi connectivity index (χ4v) is 8.99. The van der Waals surface area contributed by atoms with Crippen LogP contribution in [0.4, 0.5) is 5.69 Å². The van der Waals surface area contributed by atoms with Gasteiger partial charge in [-0.1, -0.05) is 23.8 Å². The van der Waals surface area contributed by atoms with Gasteiger partial charge in [0.15, 0.2) is 15.3 Å². The number of methoxy groups -OCH3 is 1. The van der Waals surface area contributed by atoms with E-state index in [-0.39, 0.29) is 30.1 Å². The van der Waals surface area contributed by atoms with Gasteiger partial charge >= 0.3 is 0 Å². The maximum atomic E-state index is 14.3. The monoisotopic (exact) mass is 671 g/mol. The fourth-order valence-electron chi connectivity index (χ4n) is 7.98. The summed E-state index contributed by atoms with van der Waals surface area (Å²) < 4.78 is 11.3. The highest BCUT2D eigenvalue weighted by Gasteiger charge is 2.76. The van der Waals surface area contributed by atoms with Gasteiger partial charge in [-0.05, 0) is 73.4 Å². The number of hydrogen-bond donors (Lipinski definition) is 1. The average molecular weight is 673 g/mol. The van der Waals surface area contributed by atoms with Crippen molar-refractivity contribution < 1.29 is 33.4 Å². The molecule has 2 aliphatic heterocycles. The van der Waals surface area contributed by atoms with Crippen molar-refractivity contribution >= 4 is 63.6 Å². The summed E-state index contributed by atoms with van der Waals surface area (Å²) in [6.07, 6.45) is 1.86. The zero-order chi connectivity index (χ0) is 33.0. The van der Waals surface area contributed by atoms with E-state index in [1.807, 2.05) is 30.3 Å². The molecule has 47 heavy (non-hydrogen) atoms. The van der Waals surface area contributed by atoms with Crippen molar-refractivity contribution in [2.45, 2.75) is 28.5 Å². The summed E-state index contributed by atoms with van der Waals surface area (Å²) in [7, 11) is 2.78. The second-order valence-electron chi connectivity index (χ2n) is 12.5. The van der Waals surface area contributed by atoms with Gasteiger partial charge in [-0.2, -0.15) is 0 Å². The van der Waals surface area contributed by atoms with Crippen LogP contribution in [0.25, 0.3) is 22.6 Å². The molecule has 238 valence electrons. The van der Waals surface area contributed by atoms with Gasteiger partial charge in [0.05, 0.1) is 24.6 Å². The fraction of sp³-hybridized carbons (Fsp3) is 0.286. The molecule has 8 rings (SSSR count). The lowest BCUT2D eigenvalue weighted by molar-refractivity contribution is -0.138. The Bertz CT molecular complexity index is 2040. The maximum Gasteiger partial charge on any atom is 0.253 e. The van der Waals surface area contributed by atoms with Crippen LogP contribution in [0.1, 0.15) is 24.3 Å². The zero-order valence-corrected chi connectivity index (χ0v) is 26.7. The first-order valence-electron chi connectivity index (χ1n) is 15.1. The minimum atomic E-state index is -2.01. The number of benzene rings is 3. The summed E-state index contributed by atoms with van der Waals surface area (Å²) in [5.41, 5.74) is 3.22. The first-order valence-corrected chi connectivity index (χ1v) is 15.9. The molecule has 3 heterocycles. The van der Waals surface area contributed by atoms with E-state index in [0.717, 1.165) is 4.90 Å². The second-order valence-corrected chi connectivity index (χ2v) is 13.7. The molecule has 2 saturated heterocycles. The normalized spacial score (nSPS) is 30.0. The Hall–Kier alpha value is -4.67. The van der Waals surface area contributed by atoms with E-state index in [2.05, 4.69) is 4.98 Å². The number of carbonyl (C=O) groups is 4. The highest BCUT2D eigenvalue weighted by atomic mass is 35.5. The third kappa shape index (κ3) is 3.88. The van der Waals surface area contributed by atoms with Crippen LogP contribution >= 0.6 is 23.2 Å². The number of phenolic OH excluding ortho intramolecular Hbond substituents is 1. The number of aromatic nitrogens is 1. The lowest BCUT2D eigenvalue weighted by Crippen LogP contribution is -2.60. The van der Waals surface area contributed by atoms with Gasteiger partial charge in [0.1, 0.15) is 17.0 Å². The molecular weight excluding hydrogens is 645 g/mol. The van der Waals surface area contributed by atoms with E-state index in [1.165, 1.54) is 25.1 Å². The first-order chi connectivity index (χ1) is 22.5. The maximum absolute atomic E-state index is 14.3. The molecular formula is C35H27Cl2N3O7. The molecule has 6 atom stereocenters. The van der Waals surface area contributed by atoms with Crippen molar-refractivity contribution in [2.24, 2.45) is 17.8 Å². The van der Waals surface area contributed by atoms with Crippen LogP contribution in [-0.2, 0) is 19.2 Å². The van der Waals surface area contributed by atoms with Gasteiger partial charge in [-0.3, -0.25) is 29.0 Å². The van der Waals surface area contributed by atoms with Crippen LogP contribution in [0.5, 0.6) is 11.5 Å². The Morgan fingerprint density at radius 3 is 2.43 bits per heavy atom. The van der Waals surface area contributed by atoms with Crippen molar-refractivity contribution in [3.63, 3.8) is 0 Å². The molecule has 4 amide bonds. The molecule has 6 unspecified atom stereocenters. The van der Waals surface area contributed by atoms with Crippen LogP contribution in [0.3, 0.4) is 0 Å². The number of fused-ring (bicyclic) bond motifs is 5. The molecule has 4 aliphatic rings. The van der Waals surface area contributed by atoms with Crippen LogP contribution < -0.4 is 9.64 Å². The molecule has 0 spiro atoms. The third-order valence-corrected chi connectivity index (χ3v) is 11.6. The number of ether oxygens (including phenoxy) is 1. The predicted octanol–water partition coefficient (Wildman–Crippen LogP) is 5.40. The van der Waals surface area contributed by atoms with Crippen molar-refractivity contribution in [3.8, 4) is 23.0 Å². The van der Waals surface area contributed by atoms with Gasteiger partial charge in [-0.15, -0.1) is 23.2 Å². The summed E-state index contributed by atoms with van der Waals surface area (Å²) in [6, 6.07) is 18.7. The SMILES string of the molecule is COc1ccc(O)c(C2C3=CCC4C(=O)N(c5ccc(-c6nc7ccccc7o6)cc5)C(=O)C4C3CC3(Cl)C(=O)N(C)C(=O)C23Cl)c1. The lowest BCUT2D eigenvalue weighted by Gasteiger charge is -2.50. The van der Waals surface area contributed by atoms with Crippen molar-refractivity contribution in [2.75, 3.05) is 19.1 Å². The summed E-state index contributed by atoms with van der Waals surface area (Å²) >= 11 is 14.4. The topological polar surface area (TPSA) is 130 Å². The number of imide groups is 2. The second kappa shape index (κ2) is 10.2. The molecule has 3 aromatic carbocycles. The average Bonchev–Trinajstić information content (AvgIpc) is 3.66. The number of rotatable bonds is 4. The number of para-hydroxylation sites is 2. The van der Waals surface area contributed by atoms with Gasteiger partial charge in [-0.25, -0.2) is 4.98 Å². The lowest BCUT2D eigenvalue weighted by atomic mass is 9.56. The number of oxazole rings is 1. The number of carbonyl (C=O) groups excluding carboxylic acids is 4. The van der Waals surface area contributed by atoms with Crippen LogP contribution in [-0.4, -0.2) is 62.5 Å². The van der Waals surface area contributed by atoms with E-state index < -0.39 is 51.1 Å². The summed E-state index contributed by atoms with van der Waals surface area (Å²) in [5.74, 6) is -5.01. The van der Waals surface area contributed by atoms with Gasteiger partial charge in [0, 0.05) is 24.1 Å². The number of nitrogens with zero attached hydrogens (tertiary/aromatic N) is 3. The van der Waals surface area contributed by atoms with E-state index in [1.54, 1.807) is 36.4 Å². The predicted molar refractivity (Wildman–Crippen MR) is 172 cm³/mol. The minimum Gasteiger partial charge on any atom is -0.508 e.